The predicted molar refractivity (Wildman–Crippen MR) is 76.2 cm³/mol. The van der Waals surface area contributed by atoms with E-state index in [0.717, 1.165) is 26.1 Å². The number of nitrogens with zero attached hydrogens (tertiary/aromatic N) is 2. The van der Waals surface area contributed by atoms with Crippen LogP contribution in [0.4, 0.5) is 5.69 Å². The summed E-state index contributed by atoms with van der Waals surface area (Å²) in [5.74, 6) is 0. The van der Waals surface area contributed by atoms with Crippen molar-refractivity contribution >= 4 is 5.69 Å². The lowest BCUT2D eigenvalue weighted by molar-refractivity contribution is 0.159. The van der Waals surface area contributed by atoms with Crippen molar-refractivity contribution in [1.82, 2.24) is 4.90 Å². The number of likely N-dealkylation sites (N-methyl/N-ethyl adjacent to an activating group) is 1. The minimum Gasteiger partial charge on any atom is -0.395 e. The maximum atomic E-state index is 9.48. The lowest BCUT2D eigenvalue weighted by Gasteiger charge is -2.29. The van der Waals surface area contributed by atoms with Gasteiger partial charge in [-0.05, 0) is 57.1 Å². The Morgan fingerprint density at radius 3 is 2.67 bits per heavy atom. The van der Waals surface area contributed by atoms with Crippen LogP contribution in [-0.2, 0) is 0 Å². The molecule has 1 atom stereocenters. The molecule has 0 bridgehead atoms. The highest BCUT2D eigenvalue weighted by atomic mass is 16.3. The van der Waals surface area contributed by atoms with Gasteiger partial charge in [0, 0.05) is 24.8 Å². The van der Waals surface area contributed by atoms with Crippen LogP contribution in [0.5, 0.6) is 0 Å². The van der Waals surface area contributed by atoms with Gasteiger partial charge in [0.05, 0.1) is 6.61 Å². The van der Waals surface area contributed by atoms with Gasteiger partial charge in [-0.15, -0.1) is 0 Å². The van der Waals surface area contributed by atoms with E-state index in [1.54, 1.807) is 0 Å². The third-order valence-electron chi connectivity index (χ3n) is 4.06. The Morgan fingerprint density at radius 2 is 2.00 bits per heavy atom. The van der Waals surface area contributed by atoms with Crippen molar-refractivity contribution in [2.45, 2.75) is 26.3 Å². The predicted octanol–water partition coefficient (Wildman–Crippen LogP) is 1.81. The van der Waals surface area contributed by atoms with Gasteiger partial charge in [-0.2, -0.15) is 0 Å². The van der Waals surface area contributed by atoms with Crippen molar-refractivity contribution in [2.75, 3.05) is 38.2 Å². The van der Waals surface area contributed by atoms with E-state index in [-0.39, 0.29) is 12.6 Å². The minimum absolute atomic E-state index is 0.234. The molecule has 0 amide bonds. The maximum Gasteiger partial charge on any atom is 0.0603 e. The van der Waals surface area contributed by atoms with E-state index in [1.807, 2.05) is 0 Å². The second-order valence-electron chi connectivity index (χ2n) is 5.39. The topological polar surface area (TPSA) is 26.7 Å². The number of aliphatic hydroxyl groups excluding tert-OH is 1. The molecule has 1 N–H and O–H groups in total. The van der Waals surface area contributed by atoms with E-state index in [9.17, 15) is 5.11 Å². The molecule has 1 aromatic carbocycles. The van der Waals surface area contributed by atoms with Crippen LogP contribution in [0.15, 0.2) is 18.2 Å². The molecule has 2 rings (SSSR count). The summed E-state index contributed by atoms with van der Waals surface area (Å²) in [7, 11) is 2.10. The second-order valence-corrected chi connectivity index (χ2v) is 5.39. The molecular formula is C15H24N2O. The van der Waals surface area contributed by atoms with E-state index < -0.39 is 0 Å². The Labute approximate surface area is 110 Å². The number of anilines is 1. The third kappa shape index (κ3) is 2.85. The fourth-order valence-electron chi connectivity index (χ4n) is 2.53. The summed E-state index contributed by atoms with van der Waals surface area (Å²) >= 11 is 0. The summed E-state index contributed by atoms with van der Waals surface area (Å²) in [6, 6.07) is 6.89. The molecule has 1 aromatic rings. The van der Waals surface area contributed by atoms with E-state index in [1.165, 1.54) is 16.8 Å². The zero-order valence-corrected chi connectivity index (χ0v) is 11.7. The van der Waals surface area contributed by atoms with Crippen LogP contribution < -0.4 is 4.90 Å². The first-order valence-corrected chi connectivity index (χ1v) is 6.75. The Hall–Kier alpha value is -1.06. The highest BCUT2D eigenvalue weighted by molar-refractivity contribution is 5.51. The van der Waals surface area contributed by atoms with Crippen molar-refractivity contribution in [3.63, 3.8) is 0 Å². The Bertz CT molecular complexity index is 405. The number of aliphatic hydroxyl groups is 1. The zero-order chi connectivity index (χ0) is 13.1. The molecule has 0 aliphatic carbocycles. The van der Waals surface area contributed by atoms with Crippen LogP contribution in [0.3, 0.4) is 0 Å². The van der Waals surface area contributed by atoms with E-state index >= 15 is 0 Å². The van der Waals surface area contributed by atoms with E-state index in [4.69, 9.17) is 0 Å². The highest BCUT2D eigenvalue weighted by Gasteiger charge is 2.21. The summed E-state index contributed by atoms with van der Waals surface area (Å²) in [6.07, 6.45) is 1.15. The van der Waals surface area contributed by atoms with Crippen molar-refractivity contribution in [3.8, 4) is 0 Å². The second kappa shape index (κ2) is 5.72. The fourth-order valence-corrected chi connectivity index (χ4v) is 2.53. The zero-order valence-electron chi connectivity index (χ0n) is 11.7. The third-order valence-corrected chi connectivity index (χ3v) is 4.06. The average Bonchev–Trinajstić information content (AvgIpc) is 2.54. The molecule has 3 nitrogen and oxygen atoms in total. The molecule has 0 aromatic heterocycles. The van der Waals surface area contributed by atoms with Crippen LogP contribution in [0.25, 0.3) is 0 Å². The molecular weight excluding hydrogens is 224 g/mol. The van der Waals surface area contributed by atoms with E-state index in [2.05, 4.69) is 48.9 Å². The van der Waals surface area contributed by atoms with Gasteiger partial charge < -0.3 is 10.0 Å². The summed E-state index contributed by atoms with van der Waals surface area (Å²) in [6.45, 7) is 7.58. The lowest BCUT2D eigenvalue weighted by Crippen LogP contribution is -2.41. The van der Waals surface area contributed by atoms with Crippen molar-refractivity contribution in [3.05, 3.63) is 29.3 Å². The monoisotopic (exact) mass is 248 g/mol. The van der Waals surface area contributed by atoms with Crippen LogP contribution in [0.1, 0.15) is 17.5 Å². The molecule has 1 heterocycles. The summed E-state index contributed by atoms with van der Waals surface area (Å²) in [4.78, 5) is 4.66. The first-order chi connectivity index (χ1) is 8.61. The van der Waals surface area contributed by atoms with Crippen LogP contribution in [-0.4, -0.2) is 49.3 Å². The first kappa shape index (κ1) is 13.4. The van der Waals surface area contributed by atoms with Gasteiger partial charge >= 0.3 is 0 Å². The van der Waals surface area contributed by atoms with E-state index in [0.29, 0.717) is 0 Å². The number of aryl methyl sites for hydroxylation is 2. The van der Waals surface area contributed by atoms with Crippen molar-refractivity contribution < 1.29 is 5.11 Å². The molecule has 1 fully saturated rings. The molecule has 100 valence electrons. The Kier molecular flexibility index (Phi) is 4.25. The average molecular weight is 248 g/mol. The van der Waals surface area contributed by atoms with Gasteiger partial charge in [-0.25, -0.2) is 0 Å². The van der Waals surface area contributed by atoms with Crippen molar-refractivity contribution in [2.24, 2.45) is 0 Å². The number of hydrogen-bond donors (Lipinski definition) is 1. The van der Waals surface area contributed by atoms with Gasteiger partial charge in [0.25, 0.3) is 0 Å². The molecule has 0 radical (unpaired) electrons. The number of benzene rings is 1. The molecule has 1 aliphatic rings. The largest absolute Gasteiger partial charge is 0.395 e. The highest BCUT2D eigenvalue weighted by Crippen LogP contribution is 2.21. The number of hydrogen-bond acceptors (Lipinski definition) is 3. The molecule has 0 saturated carbocycles. The normalized spacial score (nSPS) is 22.0. The van der Waals surface area contributed by atoms with Crippen LogP contribution in [0.2, 0.25) is 0 Å². The van der Waals surface area contributed by atoms with Gasteiger partial charge in [0.2, 0.25) is 0 Å². The lowest BCUT2D eigenvalue weighted by atomic mass is 10.1. The molecule has 0 spiro atoms. The van der Waals surface area contributed by atoms with Gasteiger partial charge in [0.15, 0.2) is 0 Å². The summed E-state index contributed by atoms with van der Waals surface area (Å²) in [5.41, 5.74) is 3.96. The van der Waals surface area contributed by atoms with Gasteiger partial charge in [-0.3, -0.25) is 4.90 Å². The Balaban J connectivity index is 2.18. The molecule has 18 heavy (non-hydrogen) atoms. The number of rotatable bonds is 2. The fraction of sp³-hybridized carbons (Fsp3) is 0.600. The molecule has 1 unspecified atom stereocenters. The molecule has 3 heteroatoms. The first-order valence-electron chi connectivity index (χ1n) is 6.75. The minimum atomic E-state index is 0.234. The summed E-state index contributed by atoms with van der Waals surface area (Å²) in [5, 5.41) is 9.48. The van der Waals surface area contributed by atoms with Gasteiger partial charge in [-0.1, -0.05) is 6.07 Å². The van der Waals surface area contributed by atoms with Crippen LogP contribution >= 0.6 is 0 Å². The van der Waals surface area contributed by atoms with Crippen molar-refractivity contribution in [1.29, 1.82) is 0 Å². The smallest absolute Gasteiger partial charge is 0.0603 e. The van der Waals surface area contributed by atoms with Crippen LogP contribution in [0, 0.1) is 13.8 Å². The quantitative estimate of drug-likeness (QED) is 0.864. The molecule has 1 saturated heterocycles. The standard InChI is InChI=1S/C15H24N2O/c1-12-5-6-14(9-13(12)2)17-8-4-7-16(3)15(10-17)11-18/h5-6,9,15,18H,4,7-8,10-11H2,1-3H3. The SMILES string of the molecule is Cc1ccc(N2CCCN(C)C(CO)C2)cc1C. The summed E-state index contributed by atoms with van der Waals surface area (Å²) < 4.78 is 0. The maximum absolute atomic E-state index is 9.48. The van der Waals surface area contributed by atoms with Gasteiger partial charge in [0.1, 0.15) is 0 Å². The Morgan fingerprint density at radius 1 is 1.22 bits per heavy atom. The molecule has 1 aliphatic heterocycles.